The molecule has 0 aliphatic carbocycles. The van der Waals surface area contributed by atoms with Crippen molar-refractivity contribution in [2.45, 2.75) is 58.3 Å². The Morgan fingerprint density at radius 2 is 2.22 bits per heavy atom. The zero-order valence-corrected chi connectivity index (χ0v) is 12.3. The summed E-state index contributed by atoms with van der Waals surface area (Å²) in [4.78, 5) is 14.6. The second-order valence-corrected chi connectivity index (χ2v) is 5.81. The lowest BCUT2D eigenvalue weighted by Gasteiger charge is -2.20. The number of unbranched alkanes of at least 4 members (excludes halogenated alkanes) is 1. The summed E-state index contributed by atoms with van der Waals surface area (Å²) in [5.41, 5.74) is 5.47. The van der Waals surface area contributed by atoms with E-state index in [4.69, 9.17) is 18.0 Å². The molecule has 1 heterocycles. The van der Waals surface area contributed by atoms with Gasteiger partial charge in [0.25, 0.3) is 0 Å². The highest BCUT2D eigenvalue weighted by Crippen LogP contribution is 2.22. The maximum absolute atomic E-state index is 12.0. The molecular formula is C14H26N2OS. The molecule has 4 heteroatoms. The normalized spacial score (nSPS) is 20.8. The molecule has 1 aliphatic heterocycles. The van der Waals surface area contributed by atoms with Crippen LogP contribution in [0.4, 0.5) is 0 Å². The van der Waals surface area contributed by atoms with Gasteiger partial charge in [0.1, 0.15) is 0 Å². The Bertz CT molecular complexity index is 281. The van der Waals surface area contributed by atoms with Crippen LogP contribution < -0.4 is 5.73 Å². The lowest BCUT2D eigenvalue weighted by molar-refractivity contribution is -0.130. The first-order valence-corrected chi connectivity index (χ1v) is 7.60. The van der Waals surface area contributed by atoms with Gasteiger partial charge in [-0.1, -0.05) is 32.0 Å². The molecule has 0 aromatic rings. The van der Waals surface area contributed by atoms with Crippen LogP contribution in [0.5, 0.6) is 0 Å². The minimum atomic E-state index is 0.337. The Morgan fingerprint density at radius 1 is 1.44 bits per heavy atom. The average molecular weight is 270 g/mol. The Balaban J connectivity index is 2.27. The Morgan fingerprint density at radius 3 is 2.89 bits per heavy atom. The summed E-state index contributed by atoms with van der Waals surface area (Å²) in [6, 6.07) is 0. The first kappa shape index (κ1) is 15.4. The summed E-state index contributed by atoms with van der Waals surface area (Å²) in [6.07, 6.45) is 8.30. The van der Waals surface area contributed by atoms with Gasteiger partial charge in [0, 0.05) is 19.5 Å². The van der Waals surface area contributed by atoms with Gasteiger partial charge in [0.05, 0.1) is 4.99 Å². The molecule has 0 aromatic carbocycles. The summed E-state index contributed by atoms with van der Waals surface area (Å²) >= 11 is 4.85. The van der Waals surface area contributed by atoms with E-state index in [1.54, 1.807) is 0 Å². The van der Waals surface area contributed by atoms with E-state index in [9.17, 15) is 4.79 Å². The van der Waals surface area contributed by atoms with Gasteiger partial charge in [-0.25, -0.2) is 0 Å². The molecule has 0 spiro atoms. The van der Waals surface area contributed by atoms with Crippen LogP contribution in [0.3, 0.4) is 0 Å². The number of hydrogen-bond donors (Lipinski definition) is 1. The van der Waals surface area contributed by atoms with Gasteiger partial charge in [-0.15, -0.1) is 0 Å². The van der Waals surface area contributed by atoms with Crippen molar-refractivity contribution >= 4 is 23.1 Å². The molecule has 1 rings (SSSR count). The van der Waals surface area contributed by atoms with E-state index in [-0.39, 0.29) is 0 Å². The molecule has 1 atom stereocenters. The highest BCUT2D eigenvalue weighted by atomic mass is 32.1. The molecule has 1 saturated heterocycles. The van der Waals surface area contributed by atoms with Gasteiger partial charge in [0.2, 0.25) is 5.91 Å². The van der Waals surface area contributed by atoms with E-state index in [1.807, 2.05) is 4.90 Å². The summed E-state index contributed by atoms with van der Waals surface area (Å²) in [7, 11) is 0. The molecule has 1 fully saturated rings. The monoisotopic (exact) mass is 270 g/mol. The number of amides is 1. The van der Waals surface area contributed by atoms with E-state index >= 15 is 0 Å². The molecule has 3 nitrogen and oxygen atoms in total. The van der Waals surface area contributed by atoms with Crippen molar-refractivity contribution in [2.75, 3.05) is 13.1 Å². The highest BCUT2D eigenvalue weighted by molar-refractivity contribution is 7.80. The number of nitrogens with two attached hydrogens (primary N) is 1. The van der Waals surface area contributed by atoms with Gasteiger partial charge < -0.3 is 10.6 Å². The van der Waals surface area contributed by atoms with Crippen molar-refractivity contribution in [3.05, 3.63) is 0 Å². The summed E-state index contributed by atoms with van der Waals surface area (Å²) in [5.74, 6) is 1.09. The molecule has 104 valence electrons. The summed E-state index contributed by atoms with van der Waals surface area (Å²) in [6.45, 7) is 4.04. The Labute approximate surface area is 116 Å². The number of nitrogens with zero attached hydrogens (tertiary/aromatic N) is 1. The lowest BCUT2D eigenvalue weighted by atomic mass is 9.96. The van der Waals surface area contributed by atoms with E-state index < -0.39 is 0 Å². The number of carbonyl (C=O) groups excluding carboxylic acids is 1. The first-order chi connectivity index (χ1) is 8.63. The molecule has 1 amide bonds. The van der Waals surface area contributed by atoms with Crippen LogP contribution in [0.1, 0.15) is 58.3 Å². The molecule has 2 N–H and O–H groups in total. The highest BCUT2D eigenvalue weighted by Gasteiger charge is 2.21. The quantitative estimate of drug-likeness (QED) is 0.571. The molecule has 0 aromatic heterocycles. The van der Waals surface area contributed by atoms with Crippen LogP contribution in [-0.2, 0) is 4.79 Å². The van der Waals surface area contributed by atoms with Crippen molar-refractivity contribution in [1.82, 2.24) is 4.90 Å². The number of carbonyl (C=O) groups is 1. The fourth-order valence-electron chi connectivity index (χ4n) is 2.63. The number of likely N-dealkylation sites (tertiary alicyclic amines) is 1. The van der Waals surface area contributed by atoms with E-state index in [2.05, 4.69) is 6.92 Å². The van der Waals surface area contributed by atoms with Gasteiger partial charge in [-0.3, -0.25) is 4.79 Å². The van der Waals surface area contributed by atoms with Gasteiger partial charge in [-0.2, -0.15) is 0 Å². The minimum absolute atomic E-state index is 0.337. The molecule has 0 saturated carbocycles. The van der Waals surface area contributed by atoms with E-state index in [0.717, 1.165) is 51.1 Å². The van der Waals surface area contributed by atoms with Crippen molar-refractivity contribution < 1.29 is 4.79 Å². The molecule has 1 aliphatic rings. The summed E-state index contributed by atoms with van der Waals surface area (Å²) in [5, 5.41) is 0. The predicted octanol–water partition coefficient (Wildman–Crippen LogP) is 2.87. The van der Waals surface area contributed by atoms with Crippen molar-refractivity contribution in [1.29, 1.82) is 0 Å². The Kier molecular flexibility index (Phi) is 7.25. The summed E-state index contributed by atoms with van der Waals surface area (Å²) < 4.78 is 0. The first-order valence-electron chi connectivity index (χ1n) is 7.19. The molecule has 1 unspecified atom stereocenters. The zero-order chi connectivity index (χ0) is 13.4. The van der Waals surface area contributed by atoms with Crippen LogP contribution in [0.2, 0.25) is 0 Å². The van der Waals surface area contributed by atoms with E-state index in [0.29, 0.717) is 10.9 Å². The smallest absolute Gasteiger partial charge is 0.222 e. The van der Waals surface area contributed by atoms with Crippen LogP contribution in [0.15, 0.2) is 0 Å². The van der Waals surface area contributed by atoms with Crippen LogP contribution >= 0.6 is 12.2 Å². The fraction of sp³-hybridized carbons (Fsp3) is 0.857. The third kappa shape index (κ3) is 5.80. The standard InChI is InChI=1S/C14H26N2OS/c1-2-5-12-7-8-14(17)16(11-9-12)10-4-3-6-13(15)18/h12H,2-11H2,1H3,(H2,15,18). The van der Waals surface area contributed by atoms with Crippen LogP contribution in [0.25, 0.3) is 0 Å². The average Bonchev–Trinajstić information content (AvgIpc) is 2.49. The predicted molar refractivity (Wildman–Crippen MR) is 79.5 cm³/mol. The molecule has 0 radical (unpaired) electrons. The molecule has 18 heavy (non-hydrogen) atoms. The maximum atomic E-state index is 12.0. The molecular weight excluding hydrogens is 244 g/mol. The maximum Gasteiger partial charge on any atom is 0.222 e. The second-order valence-electron chi connectivity index (χ2n) is 5.29. The fourth-order valence-corrected chi connectivity index (χ4v) is 2.77. The lowest BCUT2D eigenvalue weighted by Crippen LogP contribution is -2.31. The van der Waals surface area contributed by atoms with Crippen molar-refractivity contribution in [3.63, 3.8) is 0 Å². The molecule has 0 bridgehead atoms. The number of thiocarbonyl (C=S) groups is 1. The second kappa shape index (κ2) is 8.46. The van der Waals surface area contributed by atoms with Crippen LogP contribution in [-0.4, -0.2) is 28.9 Å². The number of rotatable bonds is 7. The van der Waals surface area contributed by atoms with Crippen molar-refractivity contribution in [3.8, 4) is 0 Å². The van der Waals surface area contributed by atoms with Gasteiger partial charge >= 0.3 is 0 Å². The largest absolute Gasteiger partial charge is 0.393 e. The zero-order valence-electron chi connectivity index (χ0n) is 11.5. The topological polar surface area (TPSA) is 46.3 Å². The minimum Gasteiger partial charge on any atom is -0.393 e. The third-order valence-corrected chi connectivity index (χ3v) is 3.93. The van der Waals surface area contributed by atoms with Gasteiger partial charge in [-0.05, 0) is 38.0 Å². The van der Waals surface area contributed by atoms with Crippen molar-refractivity contribution in [2.24, 2.45) is 11.7 Å². The Hall–Kier alpha value is -0.640. The van der Waals surface area contributed by atoms with Gasteiger partial charge in [0.15, 0.2) is 0 Å². The third-order valence-electron chi connectivity index (χ3n) is 3.72. The van der Waals surface area contributed by atoms with E-state index in [1.165, 1.54) is 19.3 Å². The SMILES string of the molecule is CCCC1CCC(=O)N(CCCCC(N)=S)CC1. The van der Waals surface area contributed by atoms with Crippen LogP contribution in [0, 0.1) is 5.92 Å². The number of hydrogen-bond acceptors (Lipinski definition) is 2.